The average molecular weight is 243 g/mol. The molecule has 2 unspecified atom stereocenters. The predicted octanol–water partition coefficient (Wildman–Crippen LogP) is 3.19. The van der Waals surface area contributed by atoms with Gasteiger partial charge in [-0.15, -0.1) is 0 Å². The van der Waals surface area contributed by atoms with Crippen LogP contribution in [0.2, 0.25) is 0 Å². The Morgan fingerprint density at radius 1 is 1.33 bits per heavy atom. The van der Waals surface area contributed by atoms with Crippen LogP contribution in [0.5, 0.6) is 0 Å². The standard InChI is InChI=1S/C16H21NO/c1-10(2)11-4-3-5-12(8-11)14-9-15(14)16(18)17-13-6-7-13/h3-5,8,10,13-15H,6-7,9H2,1-2H3,(H,17,18). The molecule has 2 fully saturated rings. The van der Waals surface area contributed by atoms with Crippen molar-refractivity contribution in [3.8, 4) is 0 Å². The molecular weight excluding hydrogens is 222 g/mol. The second-order valence-corrected chi connectivity index (χ2v) is 6.06. The molecule has 1 aromatic carbocycles. The van der Waals surface area contributed by atoms with Gasteiger partial charge in [-0.05, 0) is 42.2 Å². The minimum absolute atomic E-state index is 0.230. The summed E-state index contributed by atoms with van der Waals surface area (Å²) in [6.07, 6.45) is 3.37. The van der Waals surface area contributed by atoms with Crippen LogP contribution in [-0.4, -0.2) is 11.9 Å². The number of carbonyl (C=O) groups is 1. The molecule has 2 atom stereocenters. The van der Waals surface area contributed by atoms with Gasteiger partial charge in [0.25, 0.3) is 0 Å². The molecule has 0 spiro atoms. The molecule has 3 rings (SSSR count). The van der Waals surface area contributed by atoms with E-state index in [1.54, 1.807) is 0 Å². The van der Waals surface area contributed by atoms with E-state index in [-0.39, 0.29) is 11.8 Å². The van der Waals surface area contributed by atoms with Crippen molar-refractivity contribution in [2.45, 2.75) is 51.0 Å². The van der Waals surface area contributed by atoms with E-state index < -0.39 is 0 Å². The lowest BCUT2D eigenvalue weighted by Gasteiger charge is -2.08. The van der Waals surface area contributed by atoms with Gasteiger partial charge >= 0.3 is 0 Å². The molecule has 2 aliphatic rings. The smallest absolute Gasteiger partial charge is 0.223 e. The largest absolute Gasteiger partial charge is 0.353 e. The van der Waals surface area contributed by atoms with Crippen molar-refractivity contribution in [1.29, 1.82) is 0 Å². The molecule has 0 radical (unpaired) electrons. The van der Waals surface area contributed by atoms with E-state index in [9.17, 15) is 4.79 Å². The maximum atomic E-state index is 11.9. The molecule has 1 amide bonds. The zero-order chi connectivity index (χ0) is 12.7. The lowest BCUT2D eigenvalue weighted by Crippen LogP contribution is -2.27. The Hall–Kier alpha value is -1.31. The first-order valence-electron chi connectivity index (χ1n) is 7.05. The molecule has 0 aromatic heterocycles. The second kappa shape index (κ2) is 4.42. The van der Waals surface area contributed by atoms with Crippen molar-refractivity contribution in [1.82, 2.24) is 5.32 Å². The fraction of sp³-hybridized carbons (Fsp3) is 0.562. The lowest BCUT2D eigenvalue weighted by molar-refractivity contribution is -0.122. The van der Waals surface area contributed by atoms with Gasteiger partial charge in [0.1, 0.15) is 0 Å². The zero-order valence-corrected chi connectivity index (χ0v) is 11.1. The summed E-state index contributed by atoms with van der Waals surface area (Å²) in [5.41, 5.74) is 2.72. The molecular formula is C16H21NO. The number of benzene rings is 1. The molecule has 1 aromatic rings. The third kappa shape index (κ3) is 2.43. The maximum absolute atomic E-state index is 11.9. The normalized spacial score (nSPS) is 26.2. The van der Waals surface area contributed by atoms with Gasteiger partial charge in [-0.3, -0.25) is 4.79 Å². The van der Waals surface area contributed by atoms with E-state index in [0.29, 0.717) is 17.9 Å². The highest BCUT2D eigenvalue weighted by atomic mass is 16.2. The number of hydrogen-bond acceptors (Lipinski definition) is 1. The van der Waals surface area contributed by atoms with Crippen LogP contribution < -0.4 is 5.32 Å². The van der Waals surface area contributed by atoms with Crippen LogP contribution >= 0.6 is 0 Å². The number of amides is 1. The first-order chi connectivity index (χ1) is 8.65. The highest BCUT2D eigenvalue weighted by molar-refractivity contribution is 5.83. The Kier molecular flexibility index (Phi) is 2.89. The topological polar surface area (TPSA) is 29.1 Å². The maximum Gasteiger partial charge on any atom is 0.223 e. The van der Waals surface area contributed by atoms with E-state index in [1.807, 2.05) is 0 Å². The molecule has 2 aliphatic carbocycles. The van der Waals surface area contributed by atoms with Gasteiger partial charge in [0, 0.05) is 12.0 Å². The minimum Gasteiger partial charge on any atom is -0.353 e. The Morgan fingerprint density at radius 3 is 2.78 bits per heavy atom. The zero-order valence-electron chi connectivity index (χ0n) is 11.1. The molecule has 0 bridgehead atoms. The van der Waals surface area contributed by atoms with E-state index in [4.69, 9.17) is 0 Å². The van der Waals surface area contributed by atoms with Crippen LogP contribution in [0, 0.1) is 5.92 Å². The molecule has 2 nitrogen and oxygen atoms in total. The number of rotatable bonds is 4. The van der Waals surface area contributed by atoms with Crippen LogP contribution in [0.1, 0.15) is 56.1 Å². The van der Waals surface area contributed by atoms with Crippen molar-refractivity contribution >= 4 is 5.91 Å². The van der Waals surface area contributed by atoms with Crippen LogP contribution in [0.3, 0.4) is 0 Å². The third-order valence-electron chi connectivity index (χ3n) is 4.06. The summed E-state index contributed by atoms with van der Waals surface area (Å²) in [5.74, 6) is 1.52. The fourth-order valence-electron chi connectivity index (χ4n) is 2.54. The summed E-state index contributed by atoms with van der Waals surface area (Å²) in [7, 11) is 0. The number of carbonyl (C=O) groups excluding carboxylic acids is 1. The van der Waals surface area contributed by atoms with Crippen molar-refractivity contribution in [3.63, 3.8) is 0 Å². The first-order valence-corrected chi connectivity index (χ1v) is 7.05. The summed E-state index contributed by atoms with van der Waals surface area (Å²) in [6.45, 7) is 4.42. The van der Waals surface area contributed by atoms with Crippen molar-refractivity contribution in [2.75, 3.05) is 0 Å². The summed E-state index contributed by atoms with van der Waals surface area (Å²) in [6, 6.07) is 9.23. The van der Waals surface area contributed by atoms with Crippen molar-refractivity contribution < 1.29 is 4.79 Å². The van der Waals surface area contributed by atoms with Gasteiger partial charge in [0.05, 0.1) is 0 Å². The van der Waals surface area contributed by atoms with E-state index in [1.165, 1.54) is 24.0 Å². The predicted molar refractivity (Wildman–Crippen MR) is 72.5 cm³/mol. The molecule has 2 heteroatoms. The van der Waals surface area contributed by atoms with Gasteiger partial charge in [0.15, 0.2) is 0 Å². The summed E-state index contributed by atoms with van der Waals surface area (Å²) in [5, 5.41) is 3.11. The fourth-order valence-corrected chi connectivity index (χ4v) is 2.54. The van der Waals surface area contributed by atoms with Gasteiger partial charge < -0.3 is 5.32 Å². The average Bonchev–Trinajstić information content (AvgIpc) is 3.23. The monoisotopic (exact) mass is 243 g/mol. The molecule has 1 N–H and O–H groups in total. The Morgan fingerprint density at radius 2 is 2.11 bits per heavy atom. The third-order valence-corrected chi connectivity index (χ3v) is 4.06. The Balaban J connectivity index is 1.65. The SMILES string of the molecule is CC(C)c1cccc(C2CC2C(=O)NC2CC2)c1. The summed E-state index contributed by atoms with van der Waals surface area (Å²) in [4.78, 5) is 11.9. The summed E-state index contributed by atoms with van der Waals surface area (Å²) < 4.78 is 0. The van der Waals surface area contributed by atoms with Crippen LogP contribution in [0.15, 0.2) is 24.3 Å². The highest BCUT2D eigenvalue weighted by Crippen LogP contribution is 2.48. The number of hydrogen-bond donors (Lipinski definition) is 1. The molecule has 18 heavy (non-hydrogen) atoms. The molecule has 0 saturated heterocycles. The van der Waals surface area contributed by atoms with Crippen LogP contribution in [0.25, 0.3) is 0 Å². The van der Waals surface area contributed by atoms with Crippen LogP contribution in [0.4, 0.5) is 0 Å². The number of nitrogens with one attached hydrogen (secondary N) is 1. The first kappa shape index (κ1) is 11.8. The summed E-state index contributed by atoms with van der Waals surface area (Å²) >= 11 is 0. The lowest BCUT2D eigenvalue weighted by atomic mass is 9.98. The molecule has 0 heterocycles. The van der Waals surface area contributed by atoms with Gasteiger partial charge in [0.2, 0.25) is 5.91 Å². The molecule has 2 saturated carbocycles. The second-order valence-electron chi connectivity index (χ2n) is 6.06. The molecule has 0 aliphatic heterocycles. The van der Waals surface area contributed by atoms with Crippen LogP contribution in [-0.2, 0) is 4.79 Å². The highest BCUT2D eigenvalue weighted by Gasteiger charge is 2.45. The van der Waals surface area contributed by atoms with E-state index in [0.717, 1.165) is 6.42 Å². The van der Waals surface area contributed by atoms with Gasteiger partial charge in [-0.1, -0.05) is 38.1 Å². The van der Waals surface area contributed by atoms with Crippen molar-refractivity contribution in [2.24, 2.45) is 5.92 Å². The van der Waals surface area contributed by atoms with Gasteiger partial charge in [-0.2, -0.15) is 0 Å². The Bertz CT molecular complexity index is 462. The van der Waals surface area contributed by atoms with Crippen molar-refractivity contribution in [3.05, 3.63) is 35.4 Å². The quantitative estimate of drug-likeness (QED) is 0.864. The Labute approximate surface area is 109 Å². The minimum atomic E-state index is 0.230. The molecule has 96 valence electrons. The van der Waals surface area contributed by atoms with Gasteiger partial charge in [-0.25, -0.2) is 0 Å². The van der Waals surface area contributed by atoms with E-state index >= 15 is 0 Å². The van der Waals surface area contributed by atoms with E-state index in [2.05, 4.69) is 43.4 Å².